The summed E-state index contributed by atoms with van der Waals surface area (Å²) >= 11 is 0. The van der Waals surface area contributed by atoms with Crippen molar-refractivity contribution in [1.29, 1.82) is 0 Å². The molecule has 6 nitrogen and oxygen atoms in total. The molecule has 3 aromatic rings. The molecule has 1 saturated heterocycles. The lowest BCUT2D eigenvalue weighted by atomic mass is 10.1. The summed E-state index contributed by atoms with van der Waals surface area (Å²) in [4.78, 5) is 17.5. The fourth-order valence-electron chi connectivity index (χ4n) is 3.59. The number of hydrogen-bond donors (Lipinski definition) is 2. The first-order chi connectivity index (χ1) is 14.0. The molecule has 4 rings (SSSR count). The predicted molar refractivity (Wildman–Crippen MR) is 110 cm³/mol. The highest BCUT2D eigenvalue weighted by molar-refractivity contribution is 5.96. The summed E-state index contributed by atoms with van der Waals surface area (Å²) in [7, 11) is 0. The third-order valence-electron chi connectivity index (χ3n) is 4.93. The van der Waals surface area contributed by atoms with Crippen LogP contribution in [0.2, 0.25) is 0 Å². The van der Waals surface area contributed by atoms with Crippen LogP contribution in [-0.2, 0) is 4.74 Å². The molecular formula is C23H24N2O4. The Morgan fingerprint density at radius 2 is 1.97 bits per heavy atom. The molecule has 0 bridgehead atoms. The van der Waals surface area contributed by atoms with E-state index in [1.54, 1.807) is 18.2 Å². The Morgan fingerprint density at radius 3 is 2.69 bits per heavy atom. The maximum Gasteiger partial charge on any atom is 0.256 e. The normalized spacial score (nSPS) is 17.0. The lowest BCUT2D eigenvalue weighted by Crippen LogP contribution is -2.34. The van der Waals surface area contributed by atoms with Crippen molar-refractivity contribution in [2.45, 2.75) is 32.8 Å². The zero-order chi connectivity index (χ0) is 20.4. The molecule has 2 heterocycles. The van der Waals surface area contributed by atoms with Crippen LogP contribution < -0.4 is 10.9 Å². The topological polar surface area (TPSA) is 84.1 Å². The van der Waals surface area contributed by atoms with Gasteiger partial charge < -0.3 is 19.6 Å². The second-order valence-corrected chi connectivity index (χ2v) is 7.49. The van der Waals surface area contributed by atoms with Gasteiger partial charge in [0.25, 0.3) is 5.91 Å². The summed E-state index contributed by atoms with van der Waals surface area (Å²) in [5.41, 5.74) is 3.87. The Morgan fingerprint density at radius 1 is 1.17 bits per heavy atom. The van der Waals surface area contributed by atoms with Gasteiger partial charge in [0, 0.05) is 24.6 Å². The Labute approximate surface area is 168 Å². The molecule has 2 N–H and O–H groups in total. The smallest absolute Gasteiger partial charge is 0.256 e. The van der Waals surface area contributed by atoms with Crippen molar-refractivity contribution in [2.75, 3.05) is 13.2 Å². The first-order valence-corrected chi connectivity index (χ1v) is 9.78. The van der Waals surface area contributed by atoms with Crippen LogP contribution in [0.5, 0.6) is 5.75 Å². The minimum Gasteiger partial charge on any atom is -0.508 e. The number of fused-ring (bicyclic) bond motifs is 1. The minimum atomic E-state index is -0.262. The molecule has 0 spiro atoms. The zero-order valence-electron chi connectivity index (χ0n) is 16.6. The van der Waals surface area contributed by atoms with Gasteiger partial charge in [0.1, 0.15) is 16.9 Å². The predicted octanol–water partition coefficient (Wildman–Crippen LogP) is 3.90. The number of nitrogens with zero attached hydrogens (tertiary/aromatic N) is 1. The van der Waals surface area contributed by atoms with Crippen LogP contribution in [0.4, 0.5) is 5.69 Å². The van der Waals surface area contributed by atoms with Crippen LogP contribution in [0.15, 0.2) is 51.9 Å². The van der Waals surface area contributed by atoms with E-state index in [1.807, 2.05) is 26.0 Å². The molecule has 0 radical (unpaired) electrons. The van der Waals surface area contributed by atoms with E-state index in [2.05, 4.69) is 16.4 Å². The number of carbonyl (C=O) groups is 1. The Kier molecular flexibility index (Phi) is 5.36. The van der Waals surface area contributed by atoms with Crippen molar-refractivity contribution in [3.63, 3.8) is 0 Å². The van der Waals surface area contributed by atoms with Gasteiger partial charge in [0.15, 0.2) is 0 Å². The van der Waals surface area contributed by atoms with E-state index >= 15 is 0 Å². The number of aryl methyl sites for hydroxylation is 2. The molecule has 1 aliphatic rings. The van der Waals surface area contributed by atoms with Gasteiger partial charge in [0.2, 0.25) is 5.55 Å². The Bertz CT molecular complexity index is 1110. The summed E-state index contributed by atoms with van der Waals surface area (Å²) in [5.74, 6) is -0.170. The van der Waals surface area contributed by atoms with Crippen LogP contribution >= 0.6 is 0 Å². The fraction of sp³-hybridized carbons (Fsp3) is 0.304. The highest BCUT2D eigenvalue weighted by Crippen LogP contribution is 2.21. The fourth-order valence-corrected chi connectivity index (χ4v) is 3.59. The van der Waals surface area contributed by atoms with Crippen molar-refractivity contribution in [2.24, 2.45) is 4.99 Å². The lowest BCUT2D eigenvalue weighted by molar-refractivity contribution is 0.0854. The van der Waals surface area contributed by atoms with E-state index in [-0.39, 0.29) is 23.3 Å². The maximum atomic E-state index is 12.9. The zero-order valence-corrected chi connectivity index (χ0v) is 16.6. The van der Waals surface area contributed by atoms with Gasteiger partial charge in [-0.2, -0.15) is 0 Å². The molecule has 0 saturated carbocycles. The Balaban J connectivity index is 1.77. The number of amides is 1. The number of hydrogen-bond acceptors (Lipinski definition) is 5. The summed E-state index contributed by atoms with van der Waals surface area (Å²) in [5, 5.41) is 13.4. The van der Waals surface area contributed by atoms with Crippen molar-refractivity contribution in [1.82, 2.24) is 5.32 Å². The van der Waals surface area contributed by atoms with Gasteiger partial charge in [0.05, 0.1) is 11.8 Å². The van der Waals surface area contributed by atoms with E-state index in [9.17, 15) is 9.90 Å². The van der Waals surface area contributed by atoms with Crippen LogP contribution in [-0.4, -0.2) is 30.3 Å². The van der Waals surface area contributed by atoms with Crippen LogP contribution in [0.25, 0.3) is 11.0 Å². The van der Waals surface area contributed by atoms with Crippen molar-refractivity contribution in [3.05, 3.63) is 64.7 Å². The van der Waals surface area contributed by atoms with Crippen molar-refractivity contribution in [3.8, 4) is 5.75 Å². The van der Waals surface area contributed by atoms with Crippen LogP contribution in [0.3, 0.4) is 0 Å². The molecule has 150 valence electrons. The van der Waals surface area contributed by atoms with Crippen LogP contribution in [0, 0.1) is 13.8 Å². The molecular weight excluding hydrogens is 368 g/mol. The molecule has 1 amide bonds. The molecule has 6 heteroatoms. The average Bonchev–Trinajstić information content (AvgIpc) is 3.18. The van der Waals surface area contributed by atoms with E-state index in [1.165, 1.54) is 6.07 Å². The van der Waals surface area contributed by atoms with E-state index in [0.29, 0.717) is 28.8 Å². The molecule has 29 heavy (non-hydrogen) atoms. The maximum absolute atomic E-state index is 12.9. The Hall–Kier alpha value is -3.12. The number of phenols is 1. The molecule has 0 aliphatic carbocycles. The third-order valence-corrected chi connectivity index (χ3v) is 4.93. The summed E-state index contributed by atoms with van der Waals surface area (Å²) in [6.45, 7) is 5.19. The van der Waals surface area contributed by atoms with Gasteiger partial charge >= 0.3 is 0 Å². The minimum absolute atomic E-state index is 0.0492. The summed E-state index contributed by atoms with van der Waals surface area (Å²) in [6.07, 6.45) is 2.01. The van der Waals surface area contributed by atoms with Gasteiger partial charge in [-0.25, -0.2) is 4.99 Å². The number of carbonyl (C=O) groups excluding carboxylic acids is 1. The molecule has 2 aromatic carbocycles. The largest absolute Gasteiger partial charge is 0.508 e. The second-order valence-electron chi connectivity index (χ2n) is 7.49. The number of benzene rings is 2. The quantitative estimate of drug-likeness (QED) is 0.705. The average molecular weight is 392 g/mol. The monoisotopic (exact) mass is 392 g/mol. The first kappa shape index (κ1) is 19.2. The van der Waals surface area contributed by atoms with Gasteiger partial charge in [-0.3, -0.25) is 4.79 Å². The molecule has 1 fully saturated rings. The third kappa shape index (κ3) is 4.49. The highest BCUT2D eigenvalue weighted by Gasteiger charge is 2.18. The lowest BCUT2D eigenvalue weighted by Gasteiger charge is -2.11. The van der Waals surface area contributed by atoms with Gasteiger partial charge in [-0.05, 0) is 68.1 Å². The van der Waals surface area contributed by atoms with Crippen molar-refractivity contribution >= 4 is 22.6 Å². The van der Waals surface area contributed by atoms with E-state index < -0.39 is 0 Å². The van der Waals surface area contributed by atoms with E-state index in [0.717, 1.165) is 30.6 Å². The number of phenolic OH excluding ortho intramolecular Hbond substituents is 1. The number of rotatable bonds is 4. The molecule has 1 unspecified atom stereocenters. The summed E-state index contributed by atoms with van der Waals surface area (Å²) in [6, 6.07) is 12.5. The van der Waals surface area contributed by atoms with Crippen molar-refractivity contribution < 1.29 is 19.1 Å². The van der Waals surface area contributed by atoms with Gasteiger partial charge in [-0.1, -0.05) is 6.07 Å². The van der Waals surface area contributed by atoms with Gasteiger partial charge in [-0.15, -0.1) is 0 Å². The number of nitrogens with one attached hydrogen (secondary N) is 1. The molecule has 1 aliphatic heterocycles. The molecule has 1 aromatic heterocycles. The first-order valence-electron chi connectivity index (χ1n) is 9.78. The second kappa shape index (κ2) is 8.09. The van der Waals surface area contributed by atoms with Crippen LogP contribution in [0.1, 0.15) is 34.3 Å². The SMILES string of the molecule is Cc1cc(C)cc(N=c2oc3cc(O)ccc3cc2C(=O)NCC2CCCO2)c1. The number of ether oxygens (including phenoxy) is 1. The summed E-state index contributed by atoms with van der Waals surface area (Å²) < 4.78 is 11.5. The van der Waals surface area contributed by atoms with E-state index in [4.69, 9.17) is 9.15 Å². The standard InChI is InChI=1S/C23H24N2O4/c1-14-8-15(2)10-17(9-14)25-23-20(22(27)24-13-19-4-3-7-28-19)11-16-5-6-18(26)12-21(16)29-23/h5-6,8-12,19,26H,3-4,7,13H2,1-2H3,(H,24,27). The molecule has 1 atom stereocenters. The number of aromatic hydroxyl groups is 1. The highest BCUT2D eigenvalue weighted by atomic mass is 16.5.